The van der Waals surface area contributed by atoms with Gasteiger partial charge in [-0.1, -0.05) is 0 Å². The number of carbonyl (C=O) groups excluding carboxylic acids is 1. The standard InChI is InChI=1S/C16H20N2O3/c1-9-7-13(11(3)21-9)10(2)18-15-6-5-12(17)8-14(15)16(19)20-4/h5-8,10,18H,17H2,1-4H3. The van der Waals surface area contributed by atoms with Gasteiger partial charge in [0.05, 0.1) is 18.7 Å². The Hall–Kier alpha value is -2.43. The summed E-state index contributed by atoms with van der Waals surface area (Å²) < 4.78 is 10.3. The minimum Gasteiger partial charge on any atom is -0.466 e. The van der Waals surface area contributed by atoms with Crippen LogP contribution in [-0.4, -0.2) is 13.1 Å². The number of hydrogen-bond acceptors (Lipinski definition) is 5. The van der Waals surface area contributed by atoms with E-state index in [4.69, 9.17) is 14.9 Å². The fourth-order valence-electron chi connectivity index (χ4n) is 2.36. The third kappa shape index (κ3) is 3.18. The maximum absolute atomic E-state index is 11.8. The Morgan fingerprint density at radius 2 is 2.05 bits per heavy atom. The summed E-state index contributed by atoms with van der Waals surface area (Å²) in [6, 6.07) is 7.11. The molecule has 1 unspecified atom stereocenters. The van der Waals surface area contributed by atoms with Crippen LogP contribution in [0, 0.1) is 13.8 Å². The maximum Gasteiger partial charge on any atom is 0.340 e. The van der Waals surface area contributed by atoms with E-state index in [0.717, 1.165) is 17.1 Å². The number of nitrogens with two attached hydrogens (primary N) is 1. The monoisotopic (exact) mass is 288 g/mol. The van der Waals surface area contributed by atoms with E-state index in [1.54, 1.807) is 18.2 Å². The Morgan fingerprint density at radius 3 is 2.62 bits per heavy atom. The first-order valence-corrected chi connectivity index (χ1v) is 6.73. The highest BCUT2D eigenvalue weighted by Gasteiger charge is 2.17. The molecule has 0 bridgehead atoms. The second-order valence-corrected chi connectivity index (χ2v) is 5.03. The molecule has 5 nitrogen and oxygen atoms in total. The Bertz CT molecular complexity index is 662. The van der Waals surface area contributed by atoms with E-state index in [-0.39, 0.29) is 6.04 Å². The van der Waals surface area contributed by atoms with Gasteiger partial charge in [0.2, 0.25) is 0 Å². The van der Waals surface area contributed by atoms with Gasteiger partial charge in [-0.2, -0.15) is 0 Å². The van der Waals surface area contributed by atoms with Crippen LogP contribution >= 0.6 is 0 Å². The third-order valence-electron chi connectivity index (χ3n) is 3.37. The minimum atomic E-state index is -0.419. The number of nitrogen functional groups attached to an aromatic ring is 1. The van der Waals surface area contributed by atoms with Gasteiger partial charge in [-0.15, -0.1) is 0 Å². The second kappa shape index (κ2) is 5.91. The molecule has 3 N–H and O–H groups in total. The molecule has 112 valence electrons. The zero-order chi connectivity index (χ0) is 15.6. The summed E-state index contributed by atoms with van der Waals surface area (Å²) in [6.45, 7) is 5.84. The van der Waals surface area contributed by atoms with Gasteiger partial charge in [0.1, 0.15) is 11.5 Å². The van der Waals surface area contributed by atoms with Crippen LogP contribution in [0.3, 0.4) is 0 Å². The number of benzene rings is 1. The van der Waals surface area contributed by atoms with E-state index >= 15 is 0 Å². The Morgan fingerprint density at radius 1 is 1.33 bits per heavy atom. The highest BCUT2D eigenvalue weighted by molar-refractivity contribution is 5.96. The van der Waals surface area contributed by atoms with Crippen molar-refractivity contribution >= 4 is 17.3 Å². The average Bonchev–Trinajstić information content (AvgIpc) is 2.78. The summed E-state index contributed by atoms with van der Waals surface area (Å²) in [5.74, 6) is 1.31. The Balaban J connectivity index is 2.31. The zero-order valence-electron chi connectivity index (χ0n) is 12.7. The Kier molecular flexibility index (Phi) is 4.21. The molecule has 2 aromatic rings. The van der Waals surface area contributed by atoms with E-state index in [2.05, 4.69) is 5.32 Å². The molecule has 1 aromatic heterocycles. The Labute approximate surface area is 124 Å². The van der Waals surface area contributed by atoms with Crippen LogP contribution in [0.25, 0.3) is 0 Å². The predicted octanol–water partition coefficient (Wildman–Crippen LogP) is 3.44. The fourth-order valence-corrected chi connectivity index (χ4v) is 2.36. The largest absolute Gasteiger partial charge is 0.466 e. The lowest BCUT2D eigenvalue weighted by Gasteiger charge is -2.17. The first-order chi connectivity index (χ1) is 9.92. The quantitative estimate of drug-likeness (QED) is 0.665. The highest BCUT2D eigenvalue weighted by Crippen LogP contribution is 2.28. The van der Waals surface area contributed by atoms with Crippen LogP contribution < -0.4 is 11.1 Å². The number of anilines is 2. The van der Waals surface area contributed by atoms with Gasteiger partial charge < -0.3 is 20.2 Å². The van der Waals surface area contributed by atoms with Crippen molar-refractivity contribution in [1.29, 1.82) is 0 Å². The molecule has 0 saturated heterocycles. The molecule has 1 atom stereocenters. The smallest absolute Gasteiger partial charge is 0.340 e. The zero-order valence-corrected chi connectivity index (χ0v) is 12.7. The molecule has 21 heavy (non-hydrogen) atoms. The number of rotatable bonds is 4. The summed E-state index contributed by atoms with van der Waals surface area (Å²) in [7, 11) is 1.35. The number of carbonyl (C=O) groups is 1. The molecule has 0 aliphatic rings. The van der Waals surface area contributed by atoms with Gasteiger partial charge in [-0.05, 0) is 45.0 Å². The molecule has 0 radical (unpaired) electrons. The number of ether oxygens (including phenoxy) is 1. The van der Waals surface area contributed by atoms with Gasteiger partial charge in [0.25, 0.3) is 0 Å². The summed E-state index contributed by atoms with van der Waals surface area (Å²) in [4.78, 5) is 11.8. The van der Waals surface area contributed by atoms with Crippen molar-refractivity contribution in [1.82, 2.24) is 0 Å². The van der Waals surface area contributed by atoms with Gasteiger partial charge in [0.15, 0.2) is 0 Å². The number of nitrogens with one attached hydrogen (secondary N) is 1. The van der Waals surface area contributed by atoms with E-state index in [9.17, 15) is 4.79 Å². The number of hydrogen-bond donors (Lipinski definition) is 2. The van der Waals surface area contributed by atoms with Crippen molar-refractivity contribution in [3.8, 4) is 0 Å². The van der Waals surface area contributed by atoms with E-state index in [1.807, 2.05) is 26.8 Å². The van der Waals surface area contributed by atoms with Crippen LogP contribution in [0.5, 0.6) is 0 Å². The van der Waals surface area contributed by atoms with E-state index in [1.165, 1.54) is 7.11 Å². The lowest BCUT2D eigenvalue weighted by atomic mass is 10.1. The van der Waals surface area contributed by atoms with Gasteiger partial charge in [-0.3, -0.25) is 0 Å². The van der Waals surface area contributed by atoms with Crippen LogP contribution in [0.1, 0.15) is 40.4 Å². The first-order valence-electron chi connectivity index (χ1n) is 6.73. The van der Waals surface area contributed by atoms with Crippen LogP contribution in [0.2, 0.25) is 0 Å². The number of furan rings is 1. The second-order valence-electron chi connectivity index (χ2n) is 5.03. The van der Waals surface area contributed by atoms with Crippen molar-refractivity contribution in [3.05, 3.63) is 46.9 Å². The normalized spacial score (nSPS) is 12.0. The molecule has 1 heterocycles. The molecule has 5 heteroatoms. The average molecular weight is 288 g/mol. The number of methoxy groups -OCH3 is 1. The first kappa shape index (κ1) is 15.0. The molecule has 0 spiro atoms. The van der Waals surface area contributed by atoms with Gasteiger partial charge in [0, 0.05) is 16.9 Å². The van der Waals surface area contributed by atoms with Crippen molar-refractivity contribution in [3.63, 3.8) is 0 Å². The SMILES string of the molecule is COC(=O)c1cc(N)ccc1NC(C)c1cc(C)oc1C. The van der Waals surface area contributed by atoms with Crippen molar-refractivity contribution < 1.29 is 13.9 Å². The summed E-state index contributed by atoms with van der Waals surface area (Å²) in [6.07, 6.45) is 0. The van der Waals surface area contributed by atoms with E-state index in [0.29, 0.717) is 16.9 Å². The minimum absolute atomic E-state index is 0.00511. The molecule has 2 rings (SSSR count). The van der Waals surface area contributed by atoms with Crippen molar-refractivity contribution in [2.24, 2.45) is 0 Å². The summed E-state index contributed by atoms with van der Waals surface area (Å²) in [5, 5.41) is 3.31. The van der Waals surface area contributed by atoms with Crippen molar-refractivity contribution in [2.75, 3.05) is 18.2 Å². The highest BCUT2D eigenvalue weighted by atomic mass is 16.5. The van der Waals surface area contributed by atoms with Crippen molar-refractivity contribution in [2.45, 2.75) is 26.8 Å². The number of esters is 1. The predicted molar refractivity (Wildman–Crippen MR) is 82.4 cm³/mol. The lowest BCUT2D eigenvalue weighted by Crippen LogP contribution is -2.12. The molecule has 0 aliphatic heterocycles. The van der Waals surface area contributed by atoms with E-state index < -0.39 is 5.97 Å². The molecular formula is C16H20N2O3. The fraction of sp³-hybridized carbons (Fsp3) is 0.312. The maximum atomic E-state index is 11.8. The molecule has 0 amide bonds. The molecule has 1 aromatic carbocycles. The topological polar surface area (TPSA) is 77.5 Å². The summed E-state index contributed by atoms with van der Waals surface area (Å²) in [5.41, 5.74) is 8.41. The van der Waals surface area contributed by atoms with Gasteiger partial charge >= 0.3 is 5.97 Å². The third-order valence-corrected chi connectivity index (χ3v) is 3.37. The van der Waals surface area contributed by atoms with Crippen LogP contribution in [0.4, 0.5) is 11.4 Å². The summed E-state index contributed by atoms with van der Waals surface area (Å²) >= 11 is 0. The van der Waals surface area contributed by atoms with Gasteiger partial charge in [-0.25, -0.2) is 4.79 Å². The molecule has 0 fully saturated rings. The molecule has 0 saturated carbocycles. The molecular weight excluding hydrogens is 268 g/mol. The number of aryl methyl sites for hydroxylation is 2. The lowest BCUT2D eigenvalue weighted by molar-refractivity contribution is 0.0602. The van der Waals surface area contributed by atoms with Crippen LogP contribution in [0.15, 0.2) is 28.7 Å². The van der Waals surface area contributed by atoms with Crippen LogP contribution in [-0.2, 0) is 4.74 Å². The molecule has 0 aliphatic carbocycles.